The van der Waals surface area contributed by atoms with Gasteiger partial charge in [-0.05, 0) is 6.42 Å². The molecule has 0 aliphatic rings. The van der Waals surface area contributed by atoms with E-state index in [-0.39, 0.29) is 0 Å². The van der Waals surface area contributed by atoms with E-state index < -0.39 is 0 Å². The summed E-state index contributed by atoms with van der Waals surface area (Å²) in [7, 11) is 0. The van der Waals surface area contributed by atoms with Gasteiger partial charge >= 0.3 is 0 Å². The van der Waals surface area contributed by atoms with E-state index in [1.54, 1.807) is 12.3 Å². The van der Waals surface area contributed by atoms with Gasteiger partial charge in [-0.15, -0.1) is 6.58 Å². The Morgan fingerprint density at radius 3 is 2.73 bits per heavy atom. The van der Waals surface area contributed by atoms with E-state index in [9.17, 15) is 0 Å². The Bertz CT molecular complexity index is 140. The Morgan fingerprint density at radius 2 is 2.27 bits per heavy atom. The summed E-state index contributed by atoms with van der Waals surface area (Å²) in [4.78, 5) is 0. The fraction of sp³-hybridized carbons (Fsp3) is 0.500. The van der Waals surface area contributed by atoms with Crippen LogP contribution in [0.4, 0.5) is 0 Å². The van der Waals surface area contributed by atoms with E-state index in [1.807, 2.05) is 0 Å². The number of allylic oxidation sites excluding steroid dienone is 1. The normalized spacial score (nSPS) is 11.3. The monoisotopic (exact) mass is 155 g/mol. The maximum Gasteiger partial charge on any atom is 0.0514 e. The van der Waals surface area contributed by atoms with Gasteiger partial charge in [-0.25, -0.2) is 5.84 Å². The molecule has 0 unspecified atom stereocenters. The molecule has 0 atom stereocenters. The van der Waals surface area contributed by atoms with Gasteiger partial charge in [0.1, 0.15) is 0 Å². The van der Waals surface area contributed by atoms with Crippen LogP contribution in [-0.4, -0.2) is 11.6 Å². The summed E-state index contributed by atoms with van der Waals surface area (Å²) in [5.74, 6) is 5.52. The van der Waals surface area contributed by atoms with Gasteiger partial charge in [0.05, 0.1) is 6.54 Å². The lowest BCUT2D eigenvalue weighted by atomic mass is 10.3. The molecule has 0 saturated carbocycles. The van der Waals surface area contributed by atoms with Gasteiger partial charge in [-0.2, -0.15) is 0 Å². The maximum atomic E-state index is 5.62. The standard InChI is InChI=1S/C8H17N3/c1-3-5-8(9)7-11(10)6-4-2/h4,7H,2-3,5-6,9-10H2,1H3/b8-7-. The molecule has 0 bridgehead atoms. The molecule has 11 heavy (non-hydrogen) atoms. The predicted octanol–water partition coefficient (Wildman–Crippen LogP) is 0.948. The SMILES string of the molecule is C=CCN(N)/C=C(\N)CCC. The van der Waals surface area contributed by atoms with Gasteiger partial charge in [0.2, 0.25) is 0 Å². The van der Waals surface area contributed by atoms with Crippen LogP contribution in [0, 0.1) is 0 Å². The van der Waals surface area contributed by atoms with E-state index in [0.717, 1.165) is 18.5 Å². The molecule has 0 spiro atoms. The largest absolute Gasteiger partial charge is 0.401 e. The predicted molar refractivity (Wildman–Crippen MR) is 48.3 cm³/mol. The fourth-order valence-electron chi connectivity index (χ4n) is 0.768. The molecule has 64 valence electrons. The number of nitrogens with two attached hydrogens (primary N) is 2. The molecule has 0 aromatic rings. The van der Waals surface area contributed by atoms with Crippen molar-refractivity contribution in [3.63, 3.8) is 0 Å². The average Bonchev–Trinajstić information content (AvgIpc) is 1.87. The number of rotatable bonds is 5. The minimum absolute atomic E-state index is 0.629. The van der Waals surface area contributed by atoms with Crippen LogP contribution >= 0.6 is 0 Å². The quantitative estimate of drug-likeness (QED) is 0.353. The van der Waals surface area contributed by atoms with E-state index in [2.05, 4.69) is 13.5 Å². The Kier molecular flexibility index (Phi) is 5.29. The smallest absolute Gasteiger partial charge is 0.0514 e. The molecule has 0 fully saturated rings. The molecule has 3 heteroatoms. The van der Waals surface area contributed by atoms with Gasteiger partial charge in [0.25, 0.3) is 0 Å². The van der Waals surface area contributed by atoms with E-state index >= 15 is 0 Å². The molecule has 0 aromatic carbocycles. The van der Waals surface area contributed by atoms with Crippen LogP contribution in [0.1, 0.15) is 19.8 Å². The molecule has 0 aromatic heterocycles. The molecule has 0 aliphatic carbocycles. The van der Waals surface area contributed by atoms with Crippen molar-refractivity contribution in [1.82, 2.24) is 5.01 Å². The van der Waals surface area contributed by atoms with Crippen molar-refractivity contribution in [3.05, 3.63) is 24.6 Å². The van der Waals surface area contributed by atoms with Crippen molar-refractivity contribution in [1.29, 1.82) is 0 Å². The van der Waals surface area contributed by atoms with Crippen molar-refractivity contribution in [2.75, 3.05) is 6.54 Å². The summed E-state index contributed by atoms with van der Waals surface area (Å²) in [5.41, 5.74) is 6.44. The second-order valence-electron chi connectivity index (χ2n) is 2.44. The van der Waals surface area contributed by atoms with Crippen LogP contribution in [0.3, 0.4) is 0 Å². The molecule has 3 nitrogen and oxygen atoms in total. The zero-order valence-electron chi connectivity index (χ0n) is 7.09. The van der Waals surface area contributed by atoms with E-state index in [0.29, 0.717) is 6.54 Å². The minimum atomic E-state index is 0.629. The zero-order chi connectivity index (χ0) is 8.69. The lowest BCUT2D eigenvalue weighted by molar-refractivity contribution is 0.432. The summed E-state index contributed by atoms with van der Waals surface area (Å²) in [5, 5.41) is 1.53. The highest BCUT2D eigenvalue weighted by Crippen LogP contribution is 1.96. The van der Waals surface area contributed by atoms with Crippen LogP contribution in [0.5, 0.6) is 0 Å². The molecule has 0 saturated heterocycles. The van der Waals surface area contributed by atoms with E-state index in [1.165, 1.54) is 5.01 Å². The van der Waals surface area contributed by atoms with Crippen LogP contribution in [-0.2, 0) is 0 Å². The van der Waals surface area contributed by atoms with E-state index in [4.69, 9.17) is 11.6 Å². The molecule has 0 heterocycles. The highest BCUT2D eigenvalue weighted by Gasteiger charge is 1.90. The lowest BCUT2D eigenvalue weighted by Gasteiger charge is -2.11. The maximum absolute atomic E-state index is 5.62. The molecule has 0 radical (unpaired) electrons. The zero-order valence-corrected chi connectivity index (χ0v) is 7.09. The van der Waals surface area contributed by atoms with Crippen LogP contribution in [0.15, 0.2) is 24.6 Å². The van der Waals surface area contributed by atoms with Crippen molar-refractivity contribution in [3.8, 4) is 0 Å². The van der Waals surface area contributed by atoms with Gasteiger partial charge < -0.3 is 10.7 Å². The first-order valence-electron chi connectivity index (χ1n) is 3.79. The van der Waals surface area contributed by atoms with Crippen LogP contribution in [0.2, 0.25) is 0 Å². The lowest BCUT2D eigenvalue weighted by Crippen LogP contribution is -2.26. The van der Waals surface area contributed by atoms with Crippen molar-refractivity contribution >= 4 is 0 Å². The average molecular weight is 155 g/mol. The molecule has 4 N–H and O–H groups in total. The summed E-state index contributed by atoms with van der Waals surface area (Å²) in [6.45, 7) is 6.27. The first-order valence-corrected chi connectivity index (χ1v) is 3.79. The number of nitrogens with zero attached hydrogens (tertiary/aromatic N) is 1. The summed E-state index contributed by atoms with van der Waals surface area (Å²) >= 11 is 0. The second kappa shape index (κ2) is 5.80. The van der Waals surface area contributed by atoms with Gasteiger partial charge in [0.15, 0.2) is 0 Å². The molecule has 0 amide bonds. The van der Waals surface area contributed by atoms with Gasteiger partial charge in [0, 0.05) is 11.9 Å². The Hall–Kier alpha value is -0.960. The highest BCUT2D eigenvalue weighted by atomic mass is 15.4. The number of hydrogen-bond donors (Lipinski definition) is 2. The first-order chi connectivity index (χ1) is 5.20. The third kappa shape index (κ3) is 5.48. The second-order valence-corrected chi connectivity index (χ2v) is 2.44. The minimum Gasteiger partial charge on any atom is -0.401 e. The Morgan fingerprint density at radius 1 is 1.64 bits per heavy atom. The molecule has 0 aliphatic heterocycles. The summed E-state index contributed by atoms with van der Waals surface area (Å²) in [6, 6.07) is 0. The summed E-state index contributed by atoms with van der Waals surface area (Å²) in [6.07, 6.45) is 5.41. The number of hydrazine groups is 1. The Balaban J connectivity index is 3.75. The Labute approximate surface area is 68.3 Å². The molecule has 0 rings (SSSR count). The number of hydrogen-bond acceptors (Lipinski definition) is 3. The van der Waals surface area contributed by atoms with Gasteiger partial charge in [-0.3, -0.25) is 0 Å². The van der Waals surface area contributed by atoms with Crippen molar-refractivity contribution in [2.45, 2.75) is 19.8 Å². The third-order valence-electron chi connectivity index (χ3n) is 1.21. The fourth-order valence-corrected chi connectivity index (χ4v) is 0.768. The van der Waals surface area contributed by atoms with Crippen molar-refractivity contribution < 1.29 is 0 Å². The summed E-state index contributed by atoms with van der Waals surface area (Å²) < 4.78 is 0. The first kappa shape index (κ1) is 10.0. The highest BCUT2D eigenvalue weighted by molar-refractivity contribution is 4.95. The molecular weight excluding hydrogens is 138 g/mol. The van der Waals surface area contributed by atoms with Crippen LogP contribution < -0.4 is 11.6 Å². The van der Waals surface area contributed by atoms with Crippen molar-refractivity contribution in [2.24, 2.45) is 11.6 Å². The molecular formula is C8H17N3. The third-order valence-corrected chi connectivity index (χ3v) is 1.21. The van der Waals surface area contributed by atoms with Crippen LogP contribution in [0.25, 0.3) is 0 Å². The topological polar surface area (TPSA) is 55.3 Å². The van der Waals surface area contributed by atoms with Gasteiger partial charge in [-0.1, -0.05) is 19.4 Å².